The molecule has 0 fully saturated rings. The molecule has 2 aliphatic rings. The van der Waals surface area contributed by atoms with Gasteiger partial charge in [0, 0.05) is 31.2 Å². The Morgan fingerprint density at radius 2 is 1.02 bits per heavy atom. The van der Waals surface area contributed by atoms with Gasteiger partial charge in [0.05, 0.1) is 16.8 Å². The van der Waals surface area contributed by atoms with Crippen molar-refractivity contribution in [1.29, 1.82) is 0 Å². The van der Waals surface area contributed by atoms with Gasteiger partial charge in [-0.1, -0.05) is 145 Å². The van der Waals surface area contributed by atoms with Gasteiger partial charge in [0.25, 0.3) is 0 Å². The van der Waals surface area contributed by atoms with Crippen LogP contribution in [0.2, 0.25) is 0 Å². The highest BCUT2D eigenvalue weighted by molar-refractivity contribution is 7.99. The SMILES string of the molecule is c1ccc(-c2cc(-c3ccc(-c4ccc5c(c4)C4(c6ccccc6S5)c5ccccc5-c5cc6ccsc6cc54)cc3)nc(-c3ccccc3)n2)cc1. The monoisotopic (exact) mass is 710 g/mol. The minimum Gasteiger partial charge on any atom is -0.228 e. The first kappa shape index (κ1) is 30.5. The van der Waals surface area contributed by atoms with Crippen molar-refractivity contribution in [3.8, 4) is 56.2 Å². The van der Waals surface area contributed by atoms with E-state index in [1.165, 1.54) is 64.4 Å². The molecule has 1 spiro atoms. The van der Waals surface area contributed by atoms with Gasteiger partial charge in [-0.05, 0) is 97.7 Å². The molecule has 0 saturated heterocycles. The third-order valence-electron chi connectivity index (χ3n) is 10.9. The molecule has 248 valence electrons. The molecule has 1 atom stereocenters. The Morgan fingerprint density at radius 3 is 1.81 bits per heavy atom. The van der Waals surface area contributed by atoms with E-state index in [0.29, 0.717) is 0 Å². The van der Waals surface area contributed by atoms with Gasteiger partial charge in [0.1, 0.15) is 0 Å². The summed E-state index contributed by atoms with van der Waals surface area (Å²) in [7, 11) is 0. The molecule has 0 radical (unpaired) electrons. The zero-order chi connectivity index (χ0) is 34.9. The number of hydrogen-bond acceptors (Lipinski definition) is 4. The van der Waals surface area contributed by atoms with Crippen molar-refractivity contribution >= 4 is 33.2 Å². The van der Waals surface area contributed by atoms with Gasteiger partial charge in [-0.15, -0.1) is 11.3 Å². The molecule has 1 unspecified atom stereocenters. The van der Waals surface area contributed by atoms with Crippen LogP contribution in [-0.4, -0.2) is 9.97 Å². The van der Waals surface area contributed by atoms with E-state index in [9.17, 15) is 0 Å². The van der Waals surface area contributed by atoms with Crippen LogP contribution < -0.4 is 0 Å². The molecule has 3 heterocycles. The predicted octanol–water partition coefficient (Wildman–Crippen LogP) is 13.2. The minimum atomic E-state index is -0.417. The van der Waals surface area contributed by atoms with E-state index < -0.39 is 5.41 Å². The van der Waals surface area contributed by atoms with Gasteiger partial charge < -0.3 is 0 Å². The van der Waals surface area contributed by atoms with Crippen LogP contribution >= 0.6 is 23.1 Å². The third kappa shape index (κ3) is 4.73. The fourth-order valence-corrected chi connectivity index (χ4v) is 10.4. The van der Waals surface area contributed by atoms with Gasteiger partial charge in [0.2, 0.25) is 0 Å². The van der Waals surface area contributed by atoms with Crippen molar-refractivity contribution in [1.82, 2.24) is 9.97 Å². The molecule has 9 aromatic rings. The van der Waals surface area contributed by atoms with Gasteiger partial charge in [-0.2, -0.15) is 0 Å². The summed E-state index contributed by atoms with van der Waals surface area (Å²) >= 11 is 3.72. The van der Waals surface area contributed by atoms with E-state index in [4.69, 9.17) is 9.97 Å². The van der Waals surface area contributed by atoms with Crippen molar-refractivity contribution in [2.75, 3.05) is 0 Å². The van der Waals surface area contributed by atoms with E-state index in [1.807, 2.05) is 47.4 Å². The Morgan fingerprint density at radius 1 is 0.396 bits per heavy atom. The van der Waals surface area contributed by atoms with Crippen LogP contribution in [0.4, 0.5) is 0 Å². The molecular formula is C49H30N2S2. The summed E-state index contributed by atoms with van der Waals surface area (Å²) in [6, 6.07) is 63.9. The topological polar surface area (TPSA) is 25.8 Å². The second kappa shape index (κ2) is 12.0. The molecule has 1 aliphatic heterocycles. The molecule has 0 bridgehead atoms. The van der Waals surface area contributed by atoms with Crippen LogP contribution in [0.1, 0.15) is 22.3 Å². The van der Waals surface area contributed by atoms with Gasteiger partial charge in [0.15, 0.2) is 5.82 Å². The Balaban J connectivity index is 1.06. The van der Waals surface area contributed by atoms with E-state index >= 15 is 0 Å². The van der Waals surface area contributed by atoms with E-state index in [-0.39, 0.29) is 0 Å². The molecule has 4 heteroatoms. The summed E-state index contributed by atoms with van der Waals surface area (Å²) < 4.78 is 1.33. The largest absolute Gasteiger partial charge is 0.228 e. The summed E-state index contributed by atoms with van der Waals surface area (Å²) in [4.78, 5) is 12.7. The van der Waals surface area contributed by atoms with Crippen LogP contribution in [0.5, 0.6) is 0 Å². The zero-order valence-corrected chi connectivity index (χ0v) is 30.2. The maximum Gasteiger partial charge on any atom is 0.160 e. The fraction of sp³-hybridized carbons (Fsp3) is 0.0204. The van der Waals surface area contributed by atoms with Gasteiger partial charge >= 0.3 is 0 Å². The number of rotatable bonds is 4. The number of hydrogen-bond donors (Lipinski definition) is 0. The Bertz CT molecular complexity index is 2800. The predicted molar refractivity (Wildman–Crippen MR) is 221 cm³/mol. The van der Waals surface area contributed by atoms with Crippen LogP contribution in [0.15, 0.2) is 191 Å². The lowest BCUT2D eigenvalue weighted by Gasteiger charge is -2.40. The Kier molecular flexibility index (Phi) is 6.91. The molecule has 11 rings (SSSR count). The lowest BCUT2D eigenvalue weighted by atomic mass is 9.67. The molecule has 0 saturated carbocycles. The molecule has 2 aromatic heterocycles. The van der Waals surface area contributed by atoms with Crippen molar-refractivity contribution < 1.29 is 0 Å². The summed E-state index contributed by atoms with van der Waals surface area (Å²) in [6.45, 7) is 0. The number of thiophene rings is 1. The summed E-state index contributed by atoms with van der Waals surface area (Å²) in [5, 5.41) is 3.52. The van der Waals surface area contributed by atoms with E-state index in [1.54, 1.807) is 0 Å². The van der Waals surface area contributed by atoms with E-state index in [0.717, 1.165) is 33.9 Å². The quantitative estimate of drug-likeness (QED) is 0.182. The molecule has 0 amide bonds. The first-order valence-corrected chi connectivity index (χ1v) is 19.6. The highest BCUT2D eigenvalue weighted by atomic mass is 32.2. The smallest absolute Gasteiger partial charge is 0.160 e. The standard InChI is InChI=1S/C49H30N2S2/c1-3-11-32(12-4-1)43-30-44(51-48(50-43)34-13-5-2-6-14-34)33-21-19-31(20-22-33)35-23-24-46-42(28-35)49(40-17-9-10-18-45(40)53-46)39-16-8-7-15-37(39)38-27-36-25-26-52-47(36)29-41(38)49/h1-30H. The van der Waals surface area contributed by atoms with Crippen molar-refractivity contribution in [3.63, 3.8) is 0 Å². The van der Waals surface area contributed by atoms with Crippen LogP contribution in [0.3, 0.4) is 0 Å². The zero-order valence-electron chi connectivity index (χ0n) is 28.5. The Hall–Kier alpha value is -6.07. The first-order valence-electron chi connectivity index (χ1n) is 17.9. The summed E-state index contributed by atoms with van der Waals surface area (Å²) in [5.74, 6) is 0.723. The highest BCUT2D eigenvalue weighted by Gasteiger charge is 2.50. The number of fused-ring (bicyclic) bond motifs is 10. The van der Waals surface area contributed by atoms with Gasteiger partial charge in [-0.25, -0.2) is 9.97 Å². The highest BCUT2D eigenvalue weighted by Crippen LogP contribution is 2.63. The van der Waals surface area contributed by atoms with Crippen molar-refractivity contribution in [2.45, 2.75) is 15.2 Å². The average molecular weight is 711 g/mol. The van der Waals surface area contributed by atoms with Crippen molar-refractivity contribution in [3.05, 3.63) is 204 Å². The number of aromatic nitrogens is 2. The van der Waals surface area contributed by atoms with Crippen LogP contribution in [0, 0.1) is 0 Å². The first-order chi connectivity index (χ1) is 26.2. The van der Waals surface area contributed by atoms with Crippen LogP contribution in [-0.2, 0) is 5.41 Å². The van der Waals surface area contributed by atoms with Gasteiger partial charge in [-0.3, -0.25) is 0 Å². The maximum atomic E-state index is 5.08. The van der Waals surface area contributed by atoms with Crippen LogP contribution in [0.25, 0.3) is 66.2 Å². The average Bonchev–Trinajstić information content (AvgIpc) is 3.81. The lowest BCUT2D eigenvalue weighted by molar-refractivity contribution is 0.724. The second-order valence-corrected chi connectivity index (χ2v) is 15.8. The third-order valence-corrected chi connectivity index (χ3v) is 12.9. The summed E-state index contributed by atoms with van der Waals surface area (Å²) in [6.07, 6.45) is 0. The summed E-state index contributed by atoms with van der Waals surface area (Å²) in [5.41, 5.74) is 15.0. The molecule has 0 N–H and O–H groups in total. The number of benzene rings is 7. The fourth-order valence-electron chi connectivity index (χ4n) is 8.44. The molecule has 53 heavy (non-hydrogen) atoms. The minimum absolute atomic E-state index is 0.417. The lowest BCUT2D eigenvalue weighted by Crippen LogP contribution is -2.32. The normalized spacial score (nSPS) is 15.2. The molecule has 7 aromatic carbocycles. The Labute approximate surface area is 316 Å². The molecule has 2 nitrogen and oxygen atoms in total. The second-order valence-electron chi connectivity index (χ2n) is 13.7. The van der Waals surface area contributed by atoms with E-state index in [2.05, 4.69) is 157 Å². The maximum absolute atomic E-state index is 5.08. The molecule has 1 aliphatic carbocycles. The molecular weight excluding hydrogens is 681 g/mol. The van der Waals surface area contributed by atoms with Crippen molar-refractivity contribution in [2.24, 2.45) is 0 Å². The number of nitrogens with zero attached hydrogens (tertiary/aromatic N) is 2.